The van der Waals surface area contributed by atoms with Crippen LogP contribution in [-0.2, 0) is 13.5 Å². The summed E-state index contributed by atoms with van der Waals surface area (Å²) in [7, 11) is 1.99. The number of aryl methyl sites for hydroxylation is 1. The maximum absolute atomic E-state index is 13.0. The zero-order valence-electron chi connectivity index (χ0n) is 12.4. The van der Waals surface area contributed by atoms with Crippen molar-refractivity contribution in [3.63, 3.8) is 0 Å². The number of fused-ring (bicyclic) bond motifs is 4. The van der Waals surface area contributed by atoms with Gasteiger partial charge in [0.25, 0.3) is 0 Å². The van der Waals surface area contributed by atoms with E-state index >= 15 is 0 Å². The topological polar surface area (TPSA) is 37.8 Å². The first-order valence-corrected chi connectivity index (χ1v) is 7.34. The van der Waals surface area contributed by atoms with Crippen LogP contribution in [0.3, 0.4) is 0 Å². The van der Waals surface area contributed by atoms with Crippen molar-refractivity contribution in [2.24, 2.45) is 7.05 Å². The lowest BCUT2D eigenvalue weighted by Gasteiger charge is -2.07. The molecule has 0 saturated heterocycles. The summed E-state index contributed by atoms with van der Waals surface area (Å²) in [6.45, 7) is 3.82. The third-order valence-corrected chi connectivity index (χ3v) is 4.33. The number of rotatable bonds is 2. The maximum Gasteiger partial charge on any atom is 0.199 e. The van der Waals surface area contributed by atoms with Gasteiger partial charge in [-0.25, -0.2) is 0 Å². The Bertz CT molecular complexity index is 1100. The van der Waals surface area contributed by atoms with E-state index in [2.05, 4.69) is 22.2 Å². The second-order valence-electron chi connectivity index (χ2n) is 5.59. The van der Waals surface area contributed by atoms with E-state index in [0.717, 1.165) is 44.8 Å². The molecule has 0 amide bonds. The van der Waals surface area contributed by atoms with Crippen molar-refractivity contribution in [2.45, 2.75) is 6.42 Å². The summed E-state index contributed by atoms with van der Waals surface area (Å²) < 4.78 is 2.06. The van der Waals surface area contributed by atoms with Crippen LogP contribution in [-0.4, -0.2) is 9.55 Å². The molecular formula is C19H16N2O. The molecule has 4 rings (SSSR count). The van der Waals surface area contributed by atoms with E-state index in [1.165, 1.54) is 0 Å². The van der Waals surface area contributed by atoms with E-state index in [0.29, 0.717) is 0 Å². The molecule has 0 saturated carbocycles. The molecule has 0 unspecified atom stereocenters. The number of H-pyrrole nitrogens is 1. The molecule has 2 aromatic heterocycles. The van der Waals surface area contributed by atoms with E-state index in [1.807, 2.05) is 49.5 Å². The highest BCUT2D eigenvalue weighted by Crippen LogP contribution is 2.28. The lowest BCUT2D eigenvalue weighted by atomic mass is 10.0. The molecule has 1 N–H and O–H groups in total. The van der Waals surface area contributed by atoms with Crippen molar-refractivity contribution >= 4 is 32.8 Å². The van der Waals surface area contributed by atoms with Crippen molar-refractivity contribution in [1.82, 2.24) is 9.55 Å². The highest BCUT2D eigenvalue weighted by Gasteiger charge is 2.15. The third kappa shape index (κ3) is 1.59. The van der Waals surface area contributed by atoms with Crippen LogP contribution in [0.4, 0.5) is 0 Å². The van der Waals surface area contributed by atoms with Crippen molar-refractivity contribution < 1.29 is 0 Å². The maximum atomic E-state index is 13.0. The quantitative estimate of drug-likeness (QED) is 0.558. The average molecular weight is 288 g/mol. The van der Waals surface area contributed by atoms with E-state index in [-0.39, 0.29) is 5.43 Å². The molecule has 0 fully saturated rings. The van der Waals surface area contributed by atoms with Crippen molar-refractivity contribution in [1.29, 1.82) is 0 Å². The number of allylic oxidation sites excluding steroid dienone is 1. The molecule has 0 bridgehead atoms. The fraction of sp³-hybridized carbons (Fsp3) is 0.105. The van der Waals surface area contributed by atoms with Crippen LogP contribution < -0.4 is 5.43 Å². The minimum atomic E-state index is 0.0893. The number of benzene rings is 2. The zero-order valence-corrected chi connectivity index (χ0v) is 12.4. The SMILES string of the molecule is C=CCc1cccc2[nH]c3c(c(=O)c4ccccc4n3C)c12. The average Bonchev–Trinajstić information content (AvgIpc) is 2.94. The van der Waals surface area contributed by atoms with E-state index < -0.39 is 0 Å². The summed E-state index contributed by atoms with van der Waals surface area (Å²) in [5, 5.41) is 2.55. The molecule has 0 aliphatic heterocycles. The molecule has 0 atom stereocenters. The molecule has 3 heteroatoms. The molecule has 4 aromatic rings. The van der Waals surface area contributed by atoms with Crippen LogP contribution >= 0.6 is 0 Å². The molecule has 22 heavy (non-hydrogen) atoms. The Labute approximate surface area is 127 Å². The molecule has 2 aromatic carbocycles. The fourth-order valence-electron chi connectivity index (χ4n) is 3.32. The van der Waals surface area contributed by atoms with Crippen LogP contribution in [0, 0.1) is 0 Å². The summed E-state index contributed by atoms with van der Waals surface area (Å²) in [5.41, 5.74) is 4.03. The Morgan fingerprint density at radius 1 is 1.14 bits per heavy atom. The second kappa shape index (κ2) is 4.60. The van der Waals surface area contributed by atoms with Gasteiger partial charge in [-0.1, -0.05) is 30.3 Å². The Balaban J connectivity index is 2.34. The van der Waals surface area contributed by atoms with Gasteiger partial charge < -0.3 is 9.55 Å². The number of para-hydroxylation sites is 1. The highest BCUT2D eigenvalue weighted by atomic mass is 16.1. The first-order chi connectivity index (χ1) is 10.7. The number of pyridine rings is 1. The summed E-state index contributed by atoms with van der Waals surface area (Å²) in [6.07, 6.45) is 2.62. The minimum Gasteiger partial charge on any atom is -0.340 e. The van der Waals surface area contributed by atoms with Gasteiger partial charge in [-0.15, -0.1) is 6.58 Å². The van der Waals surface area contributed by atoms with Gasteiger partial charge in [-0.05, 0) is 30.2 Å². The van der Waals surface area contributed by atoms with E-state index in [9.17, 15) is 4.79 Å². The predicted octanol–water partition coefficient (Wildman–Crippen LogP) is 3.90. The van der Waals surface area contributed by atoms with Gasteiger partial charge in [0.05, 0.1) is 10.9 Å². The van der Waals surface area contributed by atoms with E-state index in [1.54, 1.807) is 0 Å². The predicted molar refractivity (Wildman–Crippen MR) is 92.5 cm³/mol. The standard InChI is InChI=1S/C19H16N2O/c1-3-7-12-8-6-10-14-16(12)17-18(22)13-9-4-5-11-15(13)21(2)19(17)20-14/h3-6,8-11,20H,1,7H2,2H3. The normalized spacial score (nSPS) is 11.5. The number of hydrogen-bond donors (Lipinski definition) is 1. The molecule has 0 spiro atoms. The number of aromatic amines is 1. The van der Waals surface area contributed by atoms with Crippen LogP contribution in [0.5, 0.6) is 0 Å². The number of hydrogen-bond acceptors (Lipinski definition) is 1. The van der Waals surface area contributed by atoms with Crippen LogP contribution in [0.25, 0.3) is 32.8 Å². The van der Waals surface area contributed by atoms with Crippen molar-refractivity contribution in [3.05, 3.63) is 70.9 Å². The lowest BCUT2D eigenvalue weighted by Crippen LogP contribution is -2.08. The summed E-state index contributed by atoms with van der Waals surface area (Å²) >= 11 is 0. The van der Waals surface area contributed by atoms with Gasteiger partial charge in [-0.2, -0.15) is 0 Å². The summed E-state index contributed by atoms with van der Waals surface area (Å²) in [4.78, 5) is 16.4. The second-order valence-corrected chi connectivity index (χ2v) is 5.59. The largest absolute Gasteiger partial charge is 0.340 e. The third-order valence-electron chi connectivity index (χ3n) is 4.33. The molecule has 3 nitrogen and oxygen atoms in total. The highest BCUT2D eigenvalue weighted by molar-refractivity contribution is 6.11. The molecule has 0 aliphatic carbocycles. The minimum absolute atomic E-state index is 0.0893. The summed E-state index contributed by atoms with van der Waals surface area (Å²) in [6, 6.07) is 13.8. The van der Waals surface area contributed by atoms with Crippen molar-refractivity contribution in [2.75, 3.05) is 0 Å². The smallest absolute Gasteiger partial charge is 0.199 e. The number of nitrogens with one attached hydrogen (secondary N) is 1. The van der Waals surface area contributed by atoms with Crippen molar-refractivity contribution in [3.8, 4) is 0 Å². The Kier molecular flexibility index (Phi) is 2.70. The lowest BCUT2D eigenvalue weighted by molar-refractivity contribution is 0.985. The monoisotopic (exact) mass is 288 g/mol. The van der Waals surface area contributed by atoms with Gasteiger partial charge in [0.2, 0.25) is 0 Å². The molecule has 108 valence electrons. The first kappa shape index (κ1) is 12.9. The van der Waals surface area contributed by atoms with Gasteiger partial charge in [0.1, 0.15) is 5.65 Å². The van der Waals surface area contributed by atoms with Gasteiger partial charge >= 0.3 is 0 Å². The Morgan fingerprint density at radius 3 is 2.77 bits per heavy atom. The molecule has 0 aliphatic rings. The zero-order chi connectivity index (χ0) is 15.3. The van der Waals surface area contributed by atoms with Gasteiger partial charge in [0.15, 0.2) is 5.43 Å². The number of nitrogens with zero attached hydrogens (tertiary/aromatic N) is 1. The van der Waals surface area contributed by atoms with Crippen LogP contribution in [0.1, 0.15) is 5.56 Å². The Morgan fingerprint density at radius 2 is 1.95 bits per heavy atom. The van der Waals surface area contributed by atoms with Crippen LogP contribution in [0.2, 0.25) is 0 Å². The number of aromatic nitrogens is 2. The van der Waals surface area contributed by atoms with Crippen LogP contribution in [0.15, 0.2) is 59.9 Å². The van der Waals surface area contributed by atoms with Gasteiger partial charge in [-0.3, -0.25) is 4.79 Å². The summed E-state index contributed by atoms with van der Waals surface area (Å²) in [5.74, 6) is 0. The van der Waals surface area contributed by atoms with Gasteiger partial charge in [0, 0.05) is 23.3 Å². The fourth-order valence-corrected chi connectivity index (χ4v) is 3.32. The molecule has 2 heterocycles. The molecule has 0 radical (unpaired) electrons. The first-order valence-electron chi connectivity index (χ1n) is 7.34. The van der Waals surface area contributed by atoms with E-state index in [4.69, 9.17) is 0 Å². The molecular weight excluding hydrogens is 272 g/mol. The Hall–Kier alpha value is -2.81.